The van der Waals surface area contributed by atoms with E-state index >= 15 is 0 Å². The van der Waals surface area contributed by atoms with Crippen molar-refractivity contribution in [2.45, 2.75) is 6.42 Å². The largest absolute Gasteiger partial charge is 0.396 e. The highest BCUT2D eigenvalue weighted by Gasteiger charge is 2.10. The van der Waals surface area contributed by atoms with Gasteiger partial charge in [-0.25, -0.2) is 4.98 Å². The van der Waals surface area contributed by atoms with E-state index in [9.17, 15) is 0 Å². The fraction of sp³-hybridized carbons (Fsp3) is 0.214. The van der Waals surface area contributed by atoms with Crippen LogP contribution < -0.4 is 0 Å². The molecule has 0 spiro atoms. The molecule has 0 aliphatic carbocycles. The molecule has 0 aliphatic heterocycles. The first kappa shape index (κ1) is 11.0. The zero-order chi connectivity index (χ0) is 12.5. The van der Waals surface area contributed by atoms with Crippen molar-refractivity contribution in [2.24, 2.45) is 7.05 Å². The summed E-state index contributed by atoms with van der Waals surface area (Å²) in [6, 6.07) is 8.29. The second kappa shape index (κ2) is 4.31. The molecule has 2 aromatic heterocycles. The number of aromatic nitrogens is 3. The van der Waals surface area contributed by atoms with Crippen LogP contribution in [0.2, 0.25) is 0 Å². The van der Waals surface area contributed by atoms with Gasteiger partial charge in [-0.05, 0) is 6.07 Å². The summed E-state index contributed by atoms with van der Waals surface area (Å²) in [7, 11) is 2.04. The molecule has 3 rings (SSSR count). The number of aryl methyl sites for hydroxylation is 1. The van der Waals surface area contributed by atoms with Crippen molar-refractivity contribution in [2.75, 3.05) is 6.61 Å². The van der Waals surface area contributed by atoms with Gasteiger partial charge in [0.1, 0.15) is 5.82 Å². The highest BCUT2D eigenvalue weighted by atomic mass is 16.3. The van der Waals surface area contributed by atoms with E-state index in [1.54, 1.807) is 0 Å². The number of benzene rings is 1. The minimum absolute atomic E-state index is 0.114. The number of nitrogens with zero attached hydrogens (tertiary/aromatic N) is 2. The van der Waals surface area contributed by atoms with Gasteiger partial charge in [0.05, 0.1) is 18.5 Å². The van der Waals surface area contributed by atoms with E-state index < -0.39 is 0 Å². The van der Waals surface area contributed by atoms with Gasteiger partial charge in [0.15, 0.2) is 0 Å². The van der Waals surface area contributed by atoms with Crippen molar-refractivity contribution in [1.29, 1.82) is 0 Å². The van der Waals surface area contributed by atoms with Crippen molar-refractivity contribution in [3.8, 4) is 11.3 Å². The Bertz CT molecular complexity index is 681. The molecular weight excluding hydrogens is 226 g/mol. The van der Waals surface area contributed by atoms with Crippen LogP contribution in [0.25, 0.3) is 22.2 Å². The summed E-state index contributed by atoms with van der Waals surface area (Å²) in [4.78, 5) is 7.52. The van der Waals surface area contributed by atoms with E-state index in [2.05, 4.69) is 32.9 Å². The molecule has 92 valence electrons. The number of fused-ring (bicyclic) bond motifs is 1. The number of aliphatic hydroxyl groups excluding tert-OH is 1. The fourth-order valence-corrected chi connectivity index (χ4v) is 2.29. The molecule has 2 heterocycles. The summed E-state index contributed by atoms with van der Waals surface area (Å²) in [6.45, 7) is 0.114. The molecule has 0 radical (unpaired) electrons. The molecule has 0 aliphatic rings. The maximum atomic E-state index is 8.91. The lowest BCUT2D eigenvalue weighted by atomic mass is 10.1. The second-order valence-electron chi connectivity index (χ2n) is 4.39. The number of hydrogen-bond acceptors (Lipinski definition) is 2. The Labute approximate surface area is 105 Å². The van der Waals surface area contributed by atoms with Crippen LogP contribution >= 0.6 is 0 Å². The molecule has 0 fully saturated rings. The zero-order valence-corrected chi connectivity index (χ0v) is 10.2. The van der Waals surface area contributed by atoms with E-state index in [-0.39, 0.29) is 6.61 Å². The lowest BCUT2D eigenvalue weighted by Crippen LogP contribution is -1.92. The summed E-state index contributed by atoms with van der Waals surface area (Å²) in [5, 5.41) is 10.1. The van der Waals surface area contributed by atoms with Crippen molar-refractivity contribution < 1.29 is 5.11 Å². The van der Waals surface area contributed by atoms with Crippen LogP contribution in [0.4, 0.5) is 0 Å². The van der Waals surface area contributed by atoms with Crippen LogP contribution in [0.15, 0.2) is 36.7 Å². The third-order valence-corrected chi connectivity index (χ3v) is 3.16. The quantitative estimate of drug-likeness (QED) is 0.738. The molecule has 0 bridgehead atoms. The van der Waals surface area contributed by atoms with Gasteiger partial charge in [0.2, 0.25) is 0 Å². The van der Waals surface area contributed by atoms with Crippen molar-refractivity contribution in [1.82, 2.24) is 14.5 Å². The topological polar surface area (TPSA) is 53.8 Å². The number of aromatic amines is 1. The Balaban J connectivity index is 2.13. The number of aliphatic hydroxyl groups is 1. The first-order valence-electron chi connectivity index (χ1n) is 5.99. The molecule has 0 amide bonds. The molecule has 3 aromatic rings. The number of rotatable bonds is 3. The van der Waals surface area contributed by atoms with Crippen LogP contribution in [0.1, 0.15) is 5.82 Å². The zero-order valence-electron chi connectivity index (χ0n) is 10.2. The third kappa shape index (κ3) is 1.71. The normalized spacial score (nSPS) is 11.2. The highest BCUT2D eigenvalue weighted by Crippen LogP contribution is 2.28. The minimum atomic E-state index is 0.114. The second-order valence-corrected chi connectivity index (χ2v) is 4.39. The molecule has 4 nitrogen and oxygen atoms in total. The van der Waals surface area contributed by atoms with E-state index in [4.69, 9.17) is 5.11 Å². The Kier molecular flexibility index (Phi) is 2.64. The minimum Gasteiger partial charge on any atom is -0.396 e. The van der Waals surface area contributed by atoms with Crippen LogP contribution in [0.5, 0.6) is 0 Å². The smallest absolute Gasteiger partial charge is 0.108 e. The Morgan fingerprint density at radius 2 is 2.17 bits per heavy atom. The van der Waals surface area contributed by atoms with E-state index in [1.807, 2.05) is 25.4 Å². The van der Waals surface area contributed by atoms with E-state index in [1.165, 1.54) is 10.9 Å². The monoisotopic (exact) mass is 241 g/mol. The third-order valence-electron chi connectivity index (χ3n) is 3.16. The predicted octanol–water partition coefficient (Wildman–Crippen LogP) is 2.10. The molecule has 18 heavy (non-hydrogen) atoms. The van der Waals surface area contributed by atoms with Crippen molar-refractivity contribution in [3.05, 3.63) is 42.5 Å². The average Bonchev–Trinajstić information content (AvgIpc) is 2.96. The first-order chi connectivity index (χ1) is 8.79. The molecule has 1 aromatic carbocycles. The Hall–Kier alpha value is -2.07. The average molecular weight is 241 g/mol. The standard InChI is InChI=1S/C14H15N3O/c1-17-9-11(10-4-2-3-5-13(10)17)12-8-15-14(16-12)6-7-18/h2-5,8-9,18H,6-7H2,1H3,(H,15,16). The first-order valence-corrected chi connectivity index (χ1v) is 5.99. The summed E-state index contributed by atoms with van der Waals surface area (Å²) in [5.41, 5.74) is 3.34. The number of imidazole rings is 1. The molecule has 0 atom stereocenters. The Morgan fingerprint density at radius 1 is 1.33 bits per heavy atom. The van der Waals surface area contributed by atoms with Gasteiger partial charge in [-0.3, -0.25) is 0 Å². The molecule has 2 N–H and O–H groups in total. The molecule has 0 saturated carbocycles. The van der Waals surface area contributed by atoms with Crippen LogP contribution in [-0.4, -0.2) is 26.2 Å². The summed E-state index contributed by atoms with van der Waals surface area (Å²) in [6.07, 6.45) is 4.48. The summed E-state index contributed by atoms with van der Waals surface area (Å²) >= 11 is 0. The Morgan fingerprint density at radius 3 is 3.00 bits per heavy atom. The SMILES string of the molecule is Cn1cc(-c2cnc(CCO)[nH]2)c2ccccc21. The van der Waals surface area contributed by atoms with Gasteiger partial charge < -0.3 is 14.7 Å². The maximum Gasteiger partial charge on any atom is 0.108 e. The fourth-order valence-electron chi connectivity index (χ4n) is 2.29. The molecule has 0 unspecified atom stereocenters. The highest BCUT2D eigenvalue weighted by molar-refractivity contribution is 5.95. The lowest BCUT2D eigenvalue weighted by molar-refractivity contribution is 0.297. The number of para-hydroxylation sites is 1. The maximum absolute atomic E-state index is 8.91. The van der Waals surface area contributed by atoms with Gasteiger partial charge >= 0.3 is 0 Å². The lowest BCUT2D eigenvalue weighted by Gasteiger charge is -1.95. The van der Waals surface area contributed by atoms with Crippen LogP contribution in [0.3, 0.4) is 0 Å². The van der Waals surface area contributed by atoms with Gasteiger partial charge in [0.25, 0.3) is 0 Å². The number of hydrogen-bond donors (Lipinski definition) is 2. The molecule has 4 heteroatoms. The van der Waals surface area contributed by atoms with Gasteiger partial charge in [-0.1, -0.05) is 18.2 Å². The van der Waals surface area contributed by atoms with E-state index in [0.717, 1.165) is 17.1 Å². The van der Waals surface area contributed by atoms with Gasteiger partial charge in [-0.2, -0.15) is 0 Å². The van der Waals surface area contributed by atoms with E-state index in [0.29, 0.717) is 6.42 Å². The van der Waals surface area contributed by atoms with Crippen molar-refractivity contribution in [3.63, 3.8) is 0 Å². The van der Waals surface area contributed by atoms with Crippen LogP contribution in [-0.2, 0) is 13.5 Å². The molecular formula is C14H15N3O. The molecule has 0 saturated heterocycles. The number of nitrogens with one attached hydrogen (secondary N) is 1. The van der Waals surface area contributed by atoms with Crippen molar-refractivity contribution >= 4 is 10.9 Å². The number of H-pyrrole nitrogens is 1. The van der Waals surface area contributed by atoms with Gasteiger partial charge in [0, 0.05) is 36.1 Å². The summed E-state index contributed by atoms with van der Waals surface area (Å²) < 4.78 is 2.11. The predicted molar refractivity (Wildman–Crippen MR) is 71.3 cm³/mol. The summed E-state index contributed by atoms with van der Waals surface area (Å²) in [5.74, 6) is 0.820. The van der Waals surface area contributed by atoms with Crippen LogP contribution in [0, 0.1) is 0 Å². The van der Waals surface area contributed by atoms with Gasteiger partial charge in [-0.15, -0.1) is 0 Å².